The van der Waals surface area contributed by atoms with Gasteiger partial charge in [-0.1, -0.05) is 38.4 Å². The monoisotopic (exact) mass is 510 g/mol. The van der Waals surface area contributed by atoms with E-state index in [4.69, 9.17) is 30.0 Å². The standard InChI is InChI=1S/C25H31ClO7S/c1-7-12-34(28,29)33-24-21(26)16(5)15(4)18-13-31-25(27)20-19(32-23(18)24)11-10-17(22(20)30-6)9-8-14(2)3/h10-11,14H,7-9,12-13H2,1-6H3. The first-order valence-corrected chi connectivity index (χ1v) is 13.2. The third-order valence-corrected chi connectivity index (χ3v) is 7.63. The van der Waals surface area contributed by atoms with Crippen LogP contribution in [0.1, 0.15) is 66.2 Å². The molecule has 2 aromatic carbocycles. The van der Waals surface area contributed by atoms with Crippen LogP contribution in [0.3, 0.4) is 0 Å². The average molecular weight is 511 g/mol. The van der Waals surface area contributed by atoms with Crippen LogP contribution in [0.2, 0.25) is 5.02 Å². The second kappa shape index (κ2) is 10.4. The molecule has 0 radical (unpaired) electrons. The molecular weight excluding hydrogens is 480 g/mol. The van der Waals surface area contributed by atoms with Crippen molar-refractivity contribution in [1.29, 1.82) is 0 Å². The number of fused-ring (bicyclic) bond motifs is 2. The number of esters is 1. The highest BCUT2D eigenvalue weighted by molar-refractivity contribution is 7.87. The molecule has 186 valence electrons. The van der Waals surface area contributed by atoms with Crippen molar-refractivity contribution in [2.75, 3.05) is 12.9 Å². The van der Waals surface area contributed by atoms with Gasteiger partial charge in [-0.05, 0) is 61.8 Å². The molecule has 0 spiro atoms. The lowest BCUT2D eigenvalue weighted by Crippen LogP contribution is -2.18. The largest absolute Gasteiger partial charge is 0.495 e. The second-order valence-electron chi connectivity index (χ2n) is 8.79. The molecule has 0 unspecified atom stereocenters. The fourth-order valence-electron chi connectivity index (χ4n) is 3.82. The fourth-order valence-corrected chi connectivity index (χ4v) is 5.13. The molecule has 0 N–H and O–H groups in total. The molecule has 9 heteroatoms. The minimum atomic E-state index is -3.91. The highest BCUT2D eigenvalue weighted by atomic mass is 35.5. The molecule has 0 atom stereocenters. The van der Waals surface area contributed by atoms with E-state index in [1.165, 1.54) is 7.11 Å². The van der Waals surface area contributed by atoms with Crippen LogP contribution in [0.5, 0.6) is 23.0 Å². The third kappa shape index (κ3) is 5.28. The first-order valence-electron chi connectivity index (χ1n) is 11.3. The molecule has 0 aliphatic carbocycles. The van der Waals surface area contributed by atoms with Gasteiger partial charge in [0.2, 0.25) is 5.75 Å². The molecule has 0 amide bonds. The highest BCUT2D eigenvalue weighted by Crippen LogP contribution is 2.48. The van der Waals surface area contributed by atoms with Gasteiger partial charge in [0.1, 0.15) is 23.7 Å². The summed E-state index contributed by atoms with van der Waals surface area (Å²) in [6.07, 6.45) is 2.01. The topological polar surface area (TPSA) is 88.1 Å². The molecular formula is C25H31ClO7S. The van der Waals surface area contributed by atoms with Gasteiger partial charge in [-0.3, -0.25) is 0 Å². The zero-order valence-corrected chi connectivity index (χ0v) is 22.0. The van der Waals surface area contributed by atoms with Crippen LogP contribution in [-0.4, -0.2) is 27.2 Å². The number of benzene rings is 2. The van der Waals surface area contributed by atoms with Crippen molar-refractivity contribution in [2.45, 2.75) is 60.5 Å². The van der Waals surface area contributed by atoms with Crippen LogP contribution in [0, 0.1) is 19.8 Å². The molecule has 1 heterocycles. The molecule has 1 aliphatic heterocycles. The normalized spacial score (nSPS) is 13.4. The molecule has 0 saturated heterocycles. The first-order chi connectivity index (χ1) is 16.0. The zero-order valence-electron chi connectivity index (χ0n) is 20.4. The number of rotatable bonds is 8. The van der Waals surface area contributed by atoms with E-state index in [-0.39, 0.29) is 40.2 Å². The lowest BCUT2D eigenvalue weighted by molar-refractivity contribution is 0.0454. The molecule has 7 nitrogen and oxygen atoms in total. The number of methoxy groups -OCH3 is 1. The minimum Gasteiger partial charge on any atom is -0.495 e. The Morgan fingerprint density at radius 1 is 1.15 bits per heavy atom. The molecule has 1 aliphatic rings. The Morgan fingerprint density at radius 2 is 1.85 bits per heavy atom. The minimum absolute atomic E-state index is 0.110. The van der Waals surface area contributed by atoms with Gasteiger partial charge in [-0.2, -0.15) is 8.42 Å². The van der Waals surface area contributed by atoms with Gasteiger partial charge in [0.25, 0.3) is 0 Å². The third-order valence-electron chi connectivity index (χ3n) is 5.85. The number of cyclic esters (lactones) is 1. The Labute approximate surface area is 206 Å². The van der Waals surface area contributed by atoms with Crippen molar-refractivity contribution in [2.24, 2.45) is 5.92 Å². The summed E-state index contributed by atoms with van der Waals surface area (Å²) in [5, 5.41) is 0.130. The van der Waals surface area contributed by atoms with Crippen LogP contribution >= 0.6 is 11.6 Å². The van der Waals surface area contributed by atoms with Gasteiger partial charge in [0.05, 0.1) is 17.9 Å². The maximum atomic E-state index is 13.1. The van der Waals surface area contributed by atoms with E-state index in [0.29, 0.717) is 35.6 Å². The summed E-state index contributed by atoms with van der Waals surface area (Å²) in [5.41, 5.74) is 2.83. The Hall–Kier alpha value is -2.45. The van der Waals surface area contributed by atoms with E-state index in [2.05, 4.69) is 13.8 Å². The quantitative estimate of drug-likeness (QED) is 0.311. The van der Waals surface area contributed by atoms with Crippen molar-refractivity contribution in [3.05, 3.63) is 45.0 Å². The van der Waals surface area contributed by atoms with Crippen LogP contribution in [0.4, 0.5) is 0 Å². The van der Waals surface area contributed by atoms with E-state index >= 15 is 0 Å². The first kappa shape index (κ1) is 26.2. The van der Waals surface area contributed by atoms with E-state index in [0.717, 1.165) is 17.5 Å². The molecule has 3 rings (SSSR count). The molecule has 0 saturated carbocycles. The highest BCUT2D eigenvalue weighted by Gasteiger charge is 2.32. The summed E-state index contributed by atoms with van der Waals surface area (Å²) >= 11 is 6.54. The number of hydrogen-bond acceptors (Lipinski definition) is 7. The molecule has 0 aromatic heterocycles. The van der Waals surface area contributed by atoms with Crippen LogP contribution < -0.4 is 13.7 Å². The summed E-state index contributed by atoms with van der Waals surface area (Å²) in [5.74, 6) is 0.259. The summed E-state index contributed by atoms with van der Waals surface area (Å²) in [6, 6.07) is 3.50. The van der Waals surface area contributed by atoms with Gasteiger partial charge in [0.15, 0.2) is 5.75 Å². The maximum Gasteiger partial charge on any atom is 0.346 e. The van der Waals surface area contributed by atoms with Gasteiger partial charge in [0, 0.05) is 5.56 Å². The number of hydrogen-bond donors (Lipinski definition) is 0. The summed E-state index contributed by atoms with van der Waals surface area (Å²) < 4.78 is 47.9. The number of ether oxygens (including phenoxy) is 3. The molecule has 2 aromatic rings. The fraction of sp³-hybridized carbons (Fsp3) is 0.480. The van der Waals surface area contributed by atoms with Crippen LogP contribution in [-0.2, 0) is 27.9 Å². The summed E-state index contributed by atoms with van der Waals surface area (Å²) in [4.78, 5) is 13.1. The van der Waals surface area contributed by atoms with Crippen molar-refractivity contribution in [1.82, 2.24) is 0 Å². The number of carbonyl (C=O) groups excluding carboxylic acids is 1. The van der Waals surface area contributed by atoms with Gasteiger partial charge >= 0.3 is 16.1 Å². The Morgan fingerprint density at radius 3 is 2.47 bits per heavy atom. The molecule has 0 fully saturated rings. The SMILES string of the molecule is CCCS(=O)(=O)Oc1c(Cl)c(C)c(C)c2c1Oc1ccc(CCC(C)C)c(OC)c1C(=O)OC2. The van der Waals surface area contributed by atoms with Gasteiger partial charge < -0.3 is 18.4 Å². The van der Waals surface area contributed by atoms with Crippen molar-refractivity contribution >= 4 is 27.7 Å². The lowest BCUT2D eigenvalue weighted by Gasteiger charge is -2.25. The predicted octanol–water partition coefficient (Wildman–Crippen LogP) is 6.14. The van der Waals surface area contributed by atoms with Crippen molar-refractivity contribution in [3.8, 4) is 23.0 Å². The Bertz CT molecular complexity index is 1200. The van der Waals surface area contributed by atoms with Crippen molar-refractivity contribution < 1.29 is 31.6 Å². The number of aryl methyl sites for hydroxylation is 1. The number of carbonyl (C=O) groups is 1. The predicted molar refractivity (Wildman–Crippen MR) is 131 cm³/mol. The maximum absolute atomic E-state index is 13.1. The van der Waals surface area contributed by atoms with E-state index in [1.54, 1.807) is 26.8 Å². The second-order valence-corrected chi connectivity index (χ2v) is 10.9. The molecule has 34 heavy (non-hydrogen) atoms. The lowest BCUT2D eigenvalue weighted by atomic mass is 9.98. The Balaban J connectivity index is 2.21. The van der Waals surface area contributed by atoms with Gasteiger partial charge in [-0.15, -0.1) is 0 Å². The summed E-state index contributed by atoms with van der Waals surface area (Å²) in [7, 11) is -2.42. The van der Waals surface area contributed by atoms with Gasteiger partial charge in [-0.25, -0.2) is 4.79 Å². The van der Waals surface area contributed by atoms with E-state index in [1.807, 2.05) is 6.07 Å². The van der Waals surface area contributed by atoms with Crippen LogP contribution in [0.25, 0.3) is 0 Å². The zero-order chi connectivity index (χ0) is 25.2. The van der Waals surface area contributed by atoms with Crippen molar-refractivity contribution in [3.63, 3.8) is 0 Å². The van der Waals surface area contributed by atoms with Crippen LogP contribution in [0.15, 0.2) is 12.1 Å². The average Bonchev–Trinajstić information content (AvgIpc) is 2.77. The Kier molecular flexibility index (Phi) is 8.03. The molecule has 0 bridgehead atoms. The summed E-state index contributed by atoms with van der Waals surface area (Å²) in [6.45, 7) is 9.40. The van der Waals surface area contributed by atoms with E-state index < -0.39 is 16.1 Å². The smallest absolute Gasteiger partial charge is 0.346 e. The number of halogens is 1. The van der Waals surface area contributed by atoms with E-state index in [9.17, 15) is 13.2 Å².